The smallest absolute Gasteiger partial charge is 0.262 e. The highest BCUT2D eigenvalue weighted by Gasteiger charge is 2.48. The fraction of sp³-hybridized carbons (Fsp3) is 0.387. The molecule has 0 spiro atoms. The molecule has 0 bridgehead atoms. The number of rotatable bonds is 6. The van der Waals surface area contributed by atoms with E-state index < -0.39 is 5.60 Å². The molecule has 2 N–H and O–H groups in total. The number of aromatic nitrogens is 3. The van der Waals surface area contributed by atoms with Crippen molar-refractivity contribution >= 4 is 28.5 Å². The highest BCUT2D eigenvalue weighted by atomic mass is 35.5. The summed E-state index contributed by atoms with van der Waals surface area (Å²) in [6, 6.07) is 19.3. The summed E-state index contributed by atoms with van der Waals surface area (Å²) in [4.78, 5) is 33.4. The Bertz CT molecular complexity index is 1560. The first-order valence-corrected chi connectivity index (χ1v) is 14.4. The van der Waals surface area contributed by atoms with Gasteiger partial charge in [-0.2, -0.15) is 0 Å². The zero-order chi connectivity index (χ0) is 27.7. The molecule has 2 atom stereocenters. The number of hydrogen-bond acceptors (Lipinski definition) is 5. The number of carbonyl (C=O) groups excluding carboxylic acids is 1. The highest BCUT2D eigenvalue weighted by molar-refractivity contribution is 6.30. The van der Waals surface area contributed by atoms with Gasteiger partial charge in [0.15, 0.2) is 5.60 Å². The van der Waals surface area contributed by atoms with Gasteiger partial charge in [0, 0.05) is 49.9 Å². The van der Waals surface area contributed by atoms with Crippen LogP contribution in [0, 0.1) is 5.92 Å². The summed E-state index contributed by atoms with van der Waals surface area (Å²) in [5.74, 6) is -0.208. The Morgan fingerprint density at radius 3 is 2.65 bits per heavy atom. The molecule has 2 aliphatic heterocycles. The normalized spacial score (nSPS) is 22.1. The fourth-order valence-electron chi connectivity index (χ4n) is 6.27. The van der Waals surface area contributed by atoms with Crippen LogP contribution in [-0.2, 0) is 17.9 Å². The molecule has 1 amide bonds. The van der Waals surface area contributed by atoms with Gasteiger partial charge >= 0.3 is 0 Å². The zero-order valence-corrected chi connectivity index (χ0v) is 23.1. The molecule has 2 saturated heterocycles. The average Bonchev–Trinajstić information content (AvgIpc) is 3.38. The fourth-order valence-corrected chi connectivity index (χ4v) is 6.48. The van der Waals surface area contributed by atoms with Crippen LogP contribution in [-0.4, -0.2) is 61.8 Å². The van der Waals surface area contributed by atoms with Crippen molar-refractivity contribution in [1.82, 2.24) is 24.3 Å². The SMILES string of the molecule is O=C(N1CCC(Cn2cnc3c(ccn3Cc3cccc(Cl)c3)c2=O)CC1)[C@@]1(O)CCNC[C@H]1c1ccccc1. The Kier molecular flexibility index (Phi) is 7.49. The summed E-state index contributed by atoms with van der Waals surface area (Å²) in [6.07, 6.45) is 5.47. The maximum atomic E-state index is 13.6. The van der Waals surface area contributed by atoms with Crippen LogP contribution >= 0.6 is 11.6 Å². The lowest BCUT2D eigenvalue weighted by Crippen LogP contribution is -2.59. The molecule has 2 aromatic heterocycles. The lowest BCUT2D eigenvalue weighted by atomic mass is 9.76. The van der Waals surface area contributed by atoms with Crippen LogP contribution in [0.5, 0.6) is 0 Å². The van der Waals surface area contributed by atoms with E-state index in [2.05, 4.69) is 10.3 Å². The van der Waals surface area contributed by atoms with Crippen molar-refractivity contribution in [3.05, 3.63) is 99.7 Å². The van der Waals surface area contributed by atoms with Crippen molar-refractivity contribution in [2.24, 2.45) is 5.92 Å². The first kappa shape index (κ1) is 26.7. The highest BCUT2D eigenvalue weighted by Crippen LogP contribution is 2.36. The number of nitrogens with one attached hydrogen (secondary N) is 1. The number of aliphatic hydroxyl groups is 1. The van der Waals surface area contributed by atoms with Gasteiger partial charge in [0.05, 0.1) is 11.7 Å². The Morgan fingerprint density at radius 1 is 1.07 bits per heavy atom. The molecule has 4 aromatic rings. The van der Waals surface area contributed by atoms with E-state index >= 15 is 0 Å². The lowest BCUT2D eigenvalue weighted by Gasteiger charge is -2.43. The molecule has 6 rings (SSSR count). The molecular formula is C31H34ClN5O3. The number of nitrogens with zero attached hydrogens (tertiary/aromatic N) is 4. The summed E-state index contributed by atoms with van der Waals surface area (Å²) in [5, 5.41) is 16.3. The first-order chi connectivity index (χ1) is 19.4. The number of piperidine rings is 2. The number of benzene rings is 2. The summed E-state index contributed by atoms with van der Waals surface area (Å²) in [7, 11) is 0. The number of fused-ring (bicyclic) bond motifs is 1. The van der Waals surface area contributed by atoms with Gasteiger partial charge in [-0.3, -0.25) is 14.2 Å². The molecule has 0 unspecified atom stereocenters. The third-order valence-corrected chi connectivity index (χ3v) is 8.76. The summed E-state index contributed by atoms with van der Waals surface area (Å²) in [5.41, 5.74) is 1.21. The van der Waals surface area contributed by atoms with Crippen LogP contribution in [0.3, 0.4) is 0 Å². The molecule has 0 radical (unpaired) electrons. The summed E-state index contributed by atoms with van der Waals surface area (Å²) in [6.45, 7) is 3.47. The minimum Gasteiger partial charge on any atom is -0.379 e. The van der Waals surface area contributed by atoms with E-state index in [0.29, 0.717) is 61.7 Å². The van der Waals surface area contributed by atoms with E-state index in [0.717, 1.165) is 24.0 Å². The van der Waals surface area contributed by atoms with Gasteiger partial charge in [0.1, 0.15) is 5.65 Å². The van der Waals surface area contributed by atoms with E-state index in [1.807, 2.05) is 76.3 Å². The molecule has 8 nitrogen and oxygen atoms in total. The van der Waals surface area contributed by atoms with Gasteiger partial charge in [-0.05, 0) is 61.1 Å². The largest absolute Gasteiger partial charge is 0.379 e. The average molecular weight is 560 g/mol. The molecule has 9 heteroatoms. The Morgan fingerprint density at radius 2 is 1.88 bits per heavy atom. The van der Waals surface area contributed by atoms with E-state index in [1.54, 1.807) is 10.9 Å². The second kappa shape index (κ2) is 11.2. The zero-order valence-electron chi connectivity index (χ0n) is 22.4. The van der Waals surface area contributed by atoms with Crippen LogP contribution in [0.2, 0.25) is 5.02 Å². The molecule has 0 aliphatic carbocycles. The second-order valence-electron chi connectivity index (χ2n) is 11.1. The number of hydrogen-bond donors (Lipinski definition) is 2. The Hall–Kier alpha value is -3.46. The number of halogens is 1. The van der Waals surface area contributed by atoms with E-state index in [4.69, 9.17) is 11.6 Å². The third-order valence-electron chi connectivity index (χ3n) is 8.52. The monoisotopic (exact) mass is 559 g/mol. The van der Waals surface area contributed by atoms with Crippen LogP contribution in [0.1, 0.15) is 36.3 Å². The lowest BCUT2D eigenvalue weighted by molar-refractivity contribution is -0.158. The Balaban J connectivity index is 1.11. The van der Waals surface area contributed by atoms with Gasteiger partial charge in [-0.15, -0.1) is 0 Å². The van der Waals surface area contributed by atoms with Crippen molar-refractivity contribution in [1.29, 1.82) is 0 Å². The standard InChI is InChI=1S/C31H34ClN5O3/c32-25-8-4-5-23(17-25)20-36-16-11-26-28(36)34-21-37(29(26)38)19-22-9-14-35(15-10-22)30(39)31(40)12-13-33-18-27(31)24-6-2-1-3-7-24/h1-8,11,16-17,21-22,27,33,40H,9-10,12-15,18-20H2/t27-,31+/m0/s1. The van der Waals surface area contributed by atoms with Crippen LogP contribution in [0.25, 0.3) is 11.0 Å². The third kappa shape index (κ3) is 5.19. The van der Waals surface area contributed by atoms with E-state index in [1.165, 1.54) is 0 Å². The van der Waals surface area contributed by atoms with Gasteiger partial charge in [0.25, 0.3) is 11.5 Å². The summed E-state index contributed by atoms with van der Waals surface area (Å²) >= 11 is 6.13. The molecule has 2 aliphatic rings. The minimum absolute atomic E-state index is 0.0527. The topological polar surface area (TPSA) is 92.4 Å². The van der Waals surface area contributed by atoms with E-state index in [-0.39, 0.29) is 23.3 Å². The quantitative estimate of drug-likeness (QED) is 0.376. The molecule has 2 aromatic carbocycles. The van der Waals surface area contributed by atoms with Gasteiger partial charge in [-0.1, -0.05) is 54.1 Å². The molecule has 0 saturated carbocycles. The summed E-state index contributed by atoms with van der Waals surface area (Å²) < 4.78 is 3.66. The van der Waals surface area contributed by atoms with Gasteiger partial charge in [0.2, 0.25) is 0 Å². The minimum atomic E-state index is -1.41. The molecule has 208 valence electrons. The van der Waals surface area contributed by atoms with E-state index in [9.17, 15) is 14.7 Å². The predicted molar refractivity (Wildman–Crippen MR) is 155 cm³/mol. The maximum Gasteiger partial charge on any atom is 0.262 e. The van der Waals surface area contributed by atoms with Gasteiger partial charge < -0.3 is 19.9 Å². The van der Waals surface area contributed by atoms with Crippen molar-refractivity contribution < 1.29 is 9.90 Å². The molecule has 2 fully saturated rings. The van der Waals surface area contributed by atoms with Crippen molar-refractivity contribution in [3.63, 3.8) is 0 Å². The van der Waals surface area contributed by atoms with Gasteiger partial charge in [-0.25, -0.2) is 4.98 Å². The molecular weight excluding hydrogens is 526 g/mol. The van der Waals surface area contributed by atoms with Crippen molar-refractivity contribution in [3.8, 4) is 0 Å². The first-order valence-electron chi connectivity index (χ1n) is 14.0. The van der Waals surface area contributed by atoms with Crippen LogP contribution < -0.4 is 10.9 Å². The van der Waals surface area contributed by atoms with Crippen molar-refractivity contribution in [2.45, 2.75) is 43.9 Å². The van der Waals surface area contributed by atoms with Crippen LogP contribution in [0.15, 0.2) is 78.0 Å². The van der Waals surface area contributed by atoms with Crippen LogP contribution in [0.4, 0.5) is 0 Å². The number of carbonyl (C=O) groups is 1. The predicted octanol–water partition coefficient (Wildman–Crippen LogP) is 3.65. The van der Waals surface area contributed by atoms with Crippen molar-refractivity contribution in [2.75, 3.05) is 26.2 Å². The second-order valence-corrected chi connectivity index (χ2v) is 11.5. The molecule has 4 heterocycles. The number of amides is 1. The molecule has 40 heavy (non-hydrogen) atoms. The Labute approximate surface area is 238 Å². The maximum absolute atomic E-state index is 13.6. The number of likely N-dealkylation sites (tertiary alicyclic amines) is 1.